The molecule has 0 unspecified atom stereocenters. The summed E-state index contributed by atoms with van der Waals surface area (Å²) in [6.07, 6.45) is 0. The summed E-state index contributed by atoms with van der Waals surface area (Å²) in [7, 11) is 1.70. The maximum absolute atomic E-state index is 12.7. The molecule has 0 atom stereocenters. The van der Waals surface area contributed by atoms with Crippen LogP contribution < -0.4 is 21.3 Å². The summed E-state index contributed by atoms with van der Waals surface area (Å²) in [5.41, 5.74) is 7.17. The van der Waals surface area contributed by atoms with Gasteiger partial charge in [0, 0.05) is 18.3 Å². The fourth-order valence-corrected chi connectivity index (χ4v) is 2.70. The van der Waals surface area contributed by atoms with Gasteiger partial charge in [0.25, 0.3) is 5.91 Å². The highest BCUT2D eigenvalue weighted by Gasteiger charge is 2.20. The highest BCUT2D eigenvalue weighted by Crippen LogP contribution is 2.16. The molecule has 3 N–H and O–H groups in total. The summed E-state index contributed by atoms with van der Waals surface area (Å²) in [6, 6.07) is 15.3. The average molecular weight is 380 g/mol. The third-order valence-corrected chi connectivity index (χ3v) is 4.28. The highest BCUT2D eigenvalue weighted by molar-refractivity contribution is 5.96. The molecule has 2 aromatic carbocycles. The number of nitrogen functional groups attached to an aromatic ring is 1. The van der Waals surface area contributed by atoms with Crippen LogP contribution in [0.25, 0.3) is 5.69 Å². The van der Waals surface area contributed by atoms with Crippen molar-refractivity contribution in [1.29, 1.82) is 0 Å². The van der Waals surface area contributed by atoms with Gasteiger partial charge in [0.1, 0.15) is 6.54 Å². The van der Waals surface area contributed by atoms with Crippen molar-refractivity contribution in [3.63, 3.8) is 0 Å². The van der Waals surface area contributed by atoms with Gasteiger partial charge in [0.05, 0.1) is 11.4 Å². The number of ether oxygens (including phenoxy) is 1. The van der Waals surface area contributed by atoms with Gasteiger partial charge in [-0.1, -0.05) is 18.2 Å². The van der Waals surface area contributed by atoms with Crippen LogP contribution in [-0.2, 0) is 11.8 Å². The maximum Gasteiger partial charge on any atom is 0.331 e. The largest absolute Gasteiger partial charge is 0.417 e. The van der Waals surface area contributed by atoms with E-state index in [1.807, 2.05) is 18.2 Å². The fourth-order valence-electron chi connectivity index (χ4n) is 2.70. The van der Waals surface area contributed by atoms with Gasteiger partial charge in [0.15, 0.2) is 0 Å². The minimum atomic E-state index is -0.741. The molecule has 0 saturated carbocycles. The van der Waals surface area contributed by atoms with Crippen LogP contribution >= 0.6 is 0 Å². The quantitative estimate of drug-likeness (QED) is 0.514. The van der Waals surface area contributed by atoms with E-state index in [-0.39, 0.29) is 12.3 Å². The van der Waals surface area contributed by atoms with Gasteiger partial charge in [-0.2, -0.15) is 0 Å². The number of carbonyl (C=O) groups excluding carboxylic acids is 2. The number of hydrogen-bond acceptors (Lipinski definition) is 5. The van der Waals surface area contributed by atoms with E-state index in [1.54, 1.807) is 55.1 Å². The Labute approximate surface area is 161 Å². The number of rotatable bonds is 5. The maximum atomic E-state index is 12.7. The van der Waals surface area contributed by atoms with Crippen molar-refractivity contribution in [2.75, 3.05) is 12.3 Å². The van der Waals surface area contributed by atoms with Crippen molar-refractivity contribution in [3.8, 4) is 11.4 Å². The van der Waals surface area contributed by atoms with E-state index in [0.717, 1.165) is 0 Å². The first-order valence-corrected chi connectivity index (χ1v) is 8.57. The molecular weight excluding hydrogens is 360 g/mol. The number of nitrogens with one attached hydrogen (secondary N) is 1. The summed E-state index contributed by atoms with van der Waals surface area (Å²) in [5.74, 6) is -1.25. The number of carbonyl (C=O) groups is 2. The molecule has 1 amide bonds. The van der Waals surface area contributed by atoms with Gasteiger partial charge in [-0.25, -0.2) is 9.48 Å². The molecule has 8 nitrogen and oxygen atoms in total. The lowest BCUT2D eigenvalue weighted by Gasteiger charge is -2.07. The molecule has 3 aromatic rings. The number of aromatic nitrogens is 2. The molecule has 8 heteroatoms. The zero-order chi connectivity index (χ0) is 20.3. The molecule has 0 spiro atoms. The predicted molar refractivity (Wildman–Crippen MR) is 105 cm³/mol. The van der Waals surface area contributed by atoms with Crippen molar-refractivity contribution in [3.05, 3.63) is 76.2 Å². The number of anilines is 1. The van der Waals surface area contributed by atoms with Crippen molar-refractivity contribution in [1.82, 2.24) is 14.7 Å². The first kappa shape index (κ1) is 19.0. The monoisotopic (exact) mass is 380 g/mol. The Morgan fingerprint density at radius 1 is 1.07 bits per heavy atom. The van der Waals surface area contributed by atoms with Gasteiger partial charge >= 0.3 is 11.5 Å². The van der Waals surface area contributed by atoms with E-state index in [1.165, 1.54) is 4.68 Å². The number of amides is 1. The smallest absolute Gasteiger partial charge is 0.331 e. The van der Waals surface area contributed by atoms with Crippen LogP contribution in [0.4, 0.5) is 5.69 Å². The van der Waals surface area contributed by atoms with E-state index in [4.69, 9.17) is 10.5 Å². The van der Waals surface area contributed by atoms with Crippen molar-refractivity contribution in [2.24, 2.45) is 7.05 Å². The van der Waals surface area contributed by atoms with Gasteiger partial charge < -0.3 is 15.8 Å². The molecule has 0 aliphatic carbocycles. The fraction of sp³-hybridized carbons (Fsp3) is 0.150. The molecule has 3 rings (SSSR count). The number of para-hydroxylation sites is 1. The lowest BCUT2D eigenvalue weighted by Crippen LogP contribution is -2.32. The van der Waals surface area contributed by atoms with Crippen molar-refractivity contribution in [2.45, 2.75) is 6.92 Å². The van der Waals surface area contributed by atoms with Gasteiger partial charge in [-0.3, -0.25) is 14.3 Å². The molecule has 144 valence electrons. The topological polar surface area (TPSA) is 108 Å². The normalized spacial score (nSPS) is 10.5. The molecule has 1 aromatic heterocycles. The molecule has 0 aliphatic rings. The van der Waals surface area contributed by atoms with Crippen LogP contribution in [0.3, 0.4) is 0 Å². The summed E-state index contributed by atoms with van der Waals surface area (Å²) in [6.45, 7) is 1.30. The molecule has 0 radical (unpaired) electrons. The van der Waals surface area contributed by atoms with Gasteiger partial charge in [0.2, 0.25) is 5.75 Å². The third-order valence-electron chi connectivity index (χ3n) is 4.28. The second kappa shape index (κ2) is 7.83. The molecule has 0 fully saturated rings. The van der Waals surface area contributed by atoms with Crippen LogP contribution in [0, 0.1) is 6.92 Å². The number of benzene rings is 2. The van der Waals surface area contributed by atoms with E-state index in [9.17, 15) is 14.4 Å². The Balaban J connectivity index is 1.72. The van der Waals surface area contributed by atoms with Crippen molar-refractivity contribution < 1.29 is 14.3 Å². The predicted octanol–water partition coefficient (Wildman–Crippen LogP) is 1.40. The number of esters is 1. The Bertz CT molecular complexity index is 1070. The van der Waals surface area contributed by atoms with Crippen molar-refractivity contribution >= 4 is 17.6 Å². The Morgan fingerprint density at radius 3 is 2.36 bits per heavy atom. The number of hydrogen-bond donors (Lipinski definition) is 2. The van der Waals surface area contributed by atoms with Crippen LogP contribution in [-0.4, -0.2) is 27.8 Å². The lowest BCUT2D eigenvalue weighted by molar-refractivity contribution is -0.133. The zero-order valence-electron chi connectivity index (χ0n) is 15.5. The minimum Gasteiger partial charge on any atom is -0.417 e. The van der Waals surface area contributed by atoms with Crippen LogP contribution in [0.1, 0.15) is 16.1 Å². The zero-order valence-corrected chi connectivity index (χ0v) is 15.5. The average Bonchev–Trinajstić information content (AvgIpc) is 2.90. The summed E-state index contributed by atoms with van der Waals surface area (Å²) < 4.78 is 8.25. The van der Waals surface area contributed by atoms with E-state index in [2.05, 4.69) is 5.32 Å². The van der Waals surface area contributed by atoms with Crippen LogP contribution in [0.2, 0.25) is 0 Å². The van der Waals surface area contributed by atoms with Crippen LogP contribution in [0.5, 0.6) is 5.75 Å². The second-order valence-corrected chi connectivity index (χ2v) is 6.17. The summed E-state index contributed by atoms with van der Waals surface area (Å²) in [5, 5.41) is 2.46. The lowest BCUT2D eigenvalue weighted by atomic mass is 10.2. The highest BCUT2D eigenvalue weighted by atomic mass is 16.5. The minimum absolute atomic E-state index is 0.0712. The Morgan fingerprint density at radius 2 is 1.71 bits per heavy atom. The van der Waals surface area contributed by atoms with E-state index in [0.29, 0.717) is 22.6 Å². The van der Waals surface area contributed by atoms with Gasteiger partial charge in [-0.15, -0.1) is 0 Å². The van der Waals surface area contributed by atoms with Crippen LogP contribution in [0.15, 0.2) is 59.4 Å². The van der Waals surface area contributed by atoms with E-state index >= 15 is 0 Å². The second-order valence-electron chi connectivity index (χ2n) is 6.17. The number of nitrogens with zero attached hydrogens (tertiary/aromatic N) is 2. The first-order chi connectivity index (χ1) is 13.4. The first-order valence-electron chi connectivity index (χ1n) is 8.57. The molecule has 0 aliphatic heterocycles. The summed E-state index contributed by atoms with van der Waals surface area (Å²) >= 11 is 0. The third kappa shape index (κ3) is 3.80. The molecule has 1 heterocycles. The molecule has 28 heavy (non-hydrogen) atoms. The summed E-state index contributed by atoms with van der Waals surface area (Å²) in [4.78, 5) is 36.9. The molecule has 0 saturated heterocycles. The van der Waals surface area contributed by atoms with E-state index < -0.39 is 17.4 Å². The van der Waals surface area contributed by atoms with Gasteiger partial charge in [-0.05, 0) is 43.3 Å². The molecule has 0 bridgehead atoms. The number of nitrogens with two attached hydrogens (primary N) is 1. The Kier molecular flexibility index (Phi) is 5.30. The standard InChI is InChI=1S/C20H20N4O4/c1-13-18(20(27)24(23(13)2)16-6-4-3-5-7-16)28-17(25)12-22-19(26)14-8-10-15(21)11-9-14/h3-11H,12,21H2,1-2H3,(H,22,26). The SMILES string of the molecule is Cc1c(OC(=O)CNC(=O)c2ccc(N)cc2)c(=O)n(-c2ccccc2)n1C. The molecular formula is C20H20N4O4. The Hall–Kier alpha value is -3.81.